The molecule has 0 spiro atoms. The number of carbonyl (C=O) groups excluding carboxylic acids is 1. The third-order valence-electron chi connectivity index (χ3n) is 3.04. The van der Waals surface area contributed by atoms with E-state index in [-0.39, 0.29) is 17.2 Å². The molecule has 2 atom stereocenters. The molecular weight excluding hydrogens is 214 g/mol. The standard InChI is InChI=1S/C13H19N3O/c1-8-5-10(8)11(17)16-9-6-14-12(15-7-9)13(2,3)4/h6-8,10H,5H2,1-4H3,(H,16,17)/t8-,10+/m1/s1. The SMILES string of the molecule is C[C@@H]1C[C@@H]1C(=O)Nc1cnc(C(C)(C)C)nc1. The van der Waals surface area contributed by atoms with Crippen LogP contribution in [0, 0.1) is 11.8 Å². The van der Waals surface area contributed by atoms with Crippen molar-refractivity contribution in [1.82, 2.24) is 9.97 Å². The molecule has 0 saturated heterocycles. The van der Waals surface area contributed by atoms with Crippen molar-refractivity contribution < 1.29 is 4.79 Å². The van der Waals surface area contributed by atoms with E-state index in [9.17, 15) is 4.79 Å². The molecule has 1 amide bonds. The van der Waals surface area contributed by atoms with Crippen LogP contribution in [0.1, 0.15) is 39.9 Å². The lowest BCUT2D eigenvalue weighted by molar-refractivity contribution is -0.117. The van der Waals surface area contributed by atoms with Crippen LogP contribution in [0.3, 0.4) is 0 Å². The molecule has 1 aromatic rings. The minimum atomic E-state index is -0.0620. The molecule has 2 rings (SSSR count). The first-order chi connectivity index (χ1) is 7.88. The van der Waals surface area contributed by atoms with Gasteiger partial charge in [-0.15, -0.1) is 0 Å². The number of carbonyl (C=O) groups is 1. The van der Waals surface area contributed by atoms with Crippen molar-refractivity contribution in [3.05, 3.63) is 18.2 Å². The van der Waals surface area contributed by atoms with Gasteiger partial charge < -0.3 is 5.32 Å². The molecule has 0 radical (unpaired) electrons. The monoisotopic (exact) mass is 233 g/mol. The van der Waals surface area contributed by atoms with E-state index >= 15 is 0 Å². The predicted octanol–water partition coefficient (Wildman–Crippen LogP) is 2.37. The van der Waals surface area contributed by atoms with Gasteiger partial charge in [0.2, 0.25) is 5.91 Å². The van der Waals surface area contributed by atoms with Gasteiger partial charge >= 0.3 is 0 Å². The van der Waals surface area contributed by atoms with Crippen LogP contribution >= 0.6 is 0 Å². The molecule has 1 aliphatic rings. The van der Waals surface area contributed by atoms with Crippen LogP contribution in [-0.2, 0) is 10.2 Å². The van der Waals surface area contributed by atoms with Crippen molar-refractivity contribution in [2.75, 3.05) is 5.32 Å². The van der Waals surface area contributed by atoms with E-state index in [4.69, 9.17) is 0 Å². The summed E-state index contributed by atoms with van der Waals surface area (Å²) in [7, 11) is 0. The molecule has 1 aromatic heterocycles. The van der Waals surface area contributed by atoms with Gasteiger partial charge in [-0.3, -0.25) is 4.79 Å². The summed E-state index contributed by atoms with van der Waals surface area (Å²) >= 11 is 0. The number of anilines is 1. The molecule has 1 heterocycles. The Morgan fingerprint density at radius 2 is 1.88 bits per heavy atom. The van der Waals surface area contributed by atoms with Crippen LogP contribution < -0.4 is 5.32 Å². The first kappa shape index (κ1) is 12.0. The van der Waals surface area contributed by atoms with Crippen molar-refractivity contribution in [1.29, 1.82) is 0 Å². The molecule has 92 valence electrons. The van der Waals surface area contributed by atoms with E-state index in [1.807, 2.05) is 0 Å². The highest BCUT2D eigenvalue weighted by Crippen LogP contribution is 2.38. The van der Waals surface area contributed by atoms with Crippen LogP contribution in [0.5, 0.6) is 0 Å². The zero-order chi connectivity index (χ0) is 12.6. The van der Waals surface area contributed by atoms with Crippen molar-refractivity contribution in [3.63, 3.8) is 0 Å². The average Bonchev–Trinajstić information content (AvgIpc) is 2.95. The largest absolute Gasteiger partial charge is 0.323 e. The number of nitrogens with one attached hydrogen (secondary N) is 1. The van der Waals surface area contributed by atoms with Crippen molar-refractivity contribution in [3.8, 4) is 0 Å². The van der Waals surface area contributed by atoms with Crippen molar-refractivity contribution in [2.45, 2.75) is 39.5 Å². The topological polar surface area (TPSA) is 54.9 Å². The number of amides is 1. The molecule has 0 unspecified atom stereocenters. The fraction of sp³-hybridized carbons (Fsp3) is 0.615. The summed E-state index contributed by atoms with van der Waals surface area (Å²) in [5.41, 5.74) is 0.621. The quantitative estimate of drug-likeness (QED) is 0.853. The van der Waals surface area contributed by atoms with E-state index in [0.717, 1.165) is 12.2 Å². The summed E-state index contributed by atoms with van der Waals surface area (Å²) in [4.78, 5) is 20.3. The Morgan fingerprint density at radius 3 is 2.29 bits per heavy atom. The molecule has 0 aliphatic heterocycles. The molecule has 1 N–H and O–H groups in total. The molecule has 0 aromatic carbocycles. The van der Waals surface area contributed by atoms with Gasteiger partial charge in [0.05, 0.1) is 18.1 Å². The number of rotatable bonds is 2. The lowest BCUT2D eigenvalue weighted by Crippen LogP contribution is -2.18. The number of nitrogens with zero attached hydrogens (tertiary/aromatic N) is 2. The van der Waals surface area contributed by atoms with Gasteiger partial charge in [-0.25, -0.2) is 9.97 Å². The molecule has 0 bridgehead atoms. The third kappa shape index (κ3) is 2.81. The Bertz CT molecular complexity index is 419. The van der Waals surface area contributed by atoms with E-state index in [2.05, 4.69) is 43.0 Å². The van der Waals surface area contributed by atoms with Gasteiger partial charge in [0.25, 0.3) is 0 Å². The van der Waals surface area contributed by atoms with Crippen LogP contribution in [-0.4, -0.2) is 15.9 Å². The maximum Gasteiger partial charge on any atom is 0.227 e. The zero-order valence-corrected chi connectivity index (χ0v) is 10.8. The van der Waals surface area contributed by atoms with E-state index in [1.165, 1.54) is 0 Å². The van der Waals surface area contributed by atoms with E-state index in [1.54, 1.807) is 12.4 Å². The molecule has 1 aliphatic carbocycles. The summed E-state index contributed by atoms with van der Waals surface area (Å²) in [5, 5.41) is 2.85. The maximum atomic E-state index is 11.7. The van der Waals surface area contributed by atoms with Crippen molar-refractivity contribution in [2.24, 2.45) is 11.8 Å². The number of aromatic nitrogens is 2. The summed E-state index contributed by atoms with van der Waals surface area (Å²) in [6.45, 7) is 8.27. The van der Waals surface area contributed by atoms with Crippen LogP contribution in [0.4, 0.5) is 5.69 Å². The van der Waals surface area contributed by atoms with Crippen LogP contribution in [0.15, 0.2) is 12.4 Å². The average molecular weight is 233 g/mol. The summed E-state index contributed by atoms with van der Waals surface area (Å²) in [6, 6.07) is 0. The van der Waals surface area contributed by atoms with E-state index in [0.29, 0.717) is 11.6 Å². The number of hydrogen-bond donors (Lipinski definition) is 1. The van der Waals surface area contributed by atoms with Gasteiger partial charge in [-0.05, 0) is 12.3 Å². The molecule has 4 nitrogen and oxygen atoms in total. The van der Waals surface area contributed by atoms with E-state index < -0.39 is 0 Å². The first-order valence-electron chi connectivity index (χ1n) is 6.01. The molecule has 1 saturated carbocycles. The molecule has 1 fully saturated rings. The fourth-order valence-corrected chi connectivity index (χ4v) is 1.70. The zero-order valence-electron chi connectivity index (χ0n) is 10.8. The number of hydrogen-bond acceptors (Lipinski definition) is 3. The van der Waals surface area contributed by atoms with Crippen molar-refractivity contribution >= 4 is 11.6 Å². The predicted molar refractivity (Wildman–Crippen MR) is 66.6 cm³/mol. The Kier molecular flexibility index (Phi) is 2.89. The van der Waals surface area contributed by atoms with Crippen LogP contribution in [0.25, 0.3) is 0 Å². The van der Waals surface area contributed by atoms with Gasteiger partial charge in [0.15, 0.2) is 0 Å². The molecular formula is C13H19N3O. The summed E-state index contributed by atoms with van der Waals surface area (Å²) in [5.74, 6) is 1.57. The Morgan fingerprint density at radius 1 is 1.35 bits per heavy atom. The van der Waals surface area contributed by atoms with Gasteiger partial charge in [0, 0.05) is 11.3 Å². The fourth-order valence-electron chi connectivity index (χ4n) is 1.70. The second-order valence-electron chi connectivity index (χ2n) is 5.85. The second kappa shape index (κ2) is 4.09. The molecule has 4 heteroatoms. The third-order valence-corrected chi connectivity index (χ3v) is 3.04. The highest BCUT2D eigenvalue weighted by atomic mass is 16.2. The highest BCUT2D eigenvalue weighted by Gasteiger charge is 2.39. The lowest BCUT2D eigenvalue weighted by atomic mass is 9.96. The summed E-state index contributed by atoms with van der Waals surface area (Å²) < 4.78 is 0. The maximum absolute atomic E-state index is 11.7. The first-order valence-corrected chi connectivity index (χ1v) is 6.01. The normalized spacial score (nSPS) is 23.3. The Labute approximate surface area is 102 Å². The van der Waals surface area contributed by atoms with Gasteiger partial charge in [-0.1, -0.05) is 27.7 Å². The van der Waals surface area contributed by atoms with Gasteiger partial charge in [0.1, 0.15) is 5.82 Å². The lowest BCUT2D eigenvalue weighted by Gasteiger charge is -2.16. The second-order valence-corrected chi connectivity index (χ2v) is 5.85. The Balaban J connectivity index is 2.01. The van der Waals surface area contributed by atoms with Crippen LogP contribution in [0.2, 0.25) is 0 Å². The smallest absolute Gasteiger partial charge is 0.227 e. The van der Waals surface area contributed by atoms with Gasteiger partial charge in [-0.2, -0.15) is 0 Å². The summed E-state index contributed by atoms with van der Waals surface area (Å²) in [6.07, 6.45) is 4.35. The minimum Gasteiger partial charge on any atom is -0.323 e. The molecule has 17 heavy (non-hydrogen) atoms. The Hall–Kier alpha value is -1.45. The minimum absolute atomic E-state index is 0.0620. The highest BCUT2D eigenvalue weighted by molar-refractivity contribution is 5.94.